The van der Waals surface area contributed by atoms with Gasteiger partial charge in [-0.05, 0) is 6.42 Å². The van der Waals surface area contributed by atoms with Crippen LogP contribution in [0.5, 0.6) is 0 Å². The molecule has 1 rings (SSSR count). The Morgan fingerprint density at radius 1 is 0.838 bits per heavy atom. The molecular weight excluding hydrogens is 484 g/mol. The van der Waals surface area contributed by atoms with E-state index in [0.717, 1.165) is 19.3 Å². The van der Waals surface area contributed by atoms with Gasteiger partial charge in [-0.25, -0.2) is 0 Å². The molecule has 3 N–H and O–H groups in total. The van der Waals surface area contributed by atoms with Crippen molar-refractivity contribution in [3.8, 4) is 0 Å². The van der Waals surface area contributed by atoms with Gasteiger partial charge in [0.2, 0.25) is 0 Å². The van der Waals surface area contributed by atoms with Crippen molar-refractivity contribution in [2.24, 2.45) is 5.92 Å². The van der Waals surface area contributed by atoms with Gasteiger partial charge in [-0.3, -0.25) is 9.59 Å². The fourth-order valence-corrected chi connectivity index (χ4v) is 4.57. The molecule has 1 aliphatic rings. The van der Waals surface area contributed by atoms with Crippen molar-refractivity contribution in [2.75, 3.05) is 59.5 Å². The topological polar surface area (TPSA) is 141 Å². The van der Waals surface area contributed by atoms with Crippen molar-refractivity contribution in [1.29, 1.82) is 0 Å². The van der Waals surface area contributed by atoms with Crippen LogP contribution in [0.15, 0.2) is 0 Å². The number of carbonyl (C=O) groups is 2. The van der Waals surface area contributed by atoms with Gasteiger partial charge in [-0.1, -0.05) is 58.3 Å². The van der Waals surface area contributed by atoms with Crippen LogP contribution in [0, 0.1) is 5.92 Å². The second-order valence-corrected chi connectivity index (χ2v) is 9.39. The lowest BCUT2D eigenvalue weighted by Gasteiger charge is -2.29. The van der Waals surface area contributed by atoms with E-state index in [0.29, 0.717) is 6.42 Å². The highest BCUT2D eigenvalue weighted by atomic mass is 16.6. The zero-order chi connectivity index (χ0) is 27.1. The van der Waals surface area contributed by atoms with Crippen LogP contribution in [0.2, 0.25) is 0 Å². The first kappa shape index (κ1) is 33.9. The highest BCUT2D eigenvalue weighted by Crippen LogP contribution is 2.32. The van der Waals surface area contributed by atoms with Gasteiger partial charge < -0.3 is 39.0 Å². The third-order valence-electron chi connectivity index (χ3n) is 6.40. The average molecular weight is 535 g/mol. The Kier molecular flexibility index (Phi) is 20.9. The number of carbonyl (C=O) groups excluding carboxylic acids is 2. The minimum absolute atomic E-state index is 0.0143. The predicted molar refractivity (Wildman–Crippen MR) is 137 cm³/mol. The molecule has 10 heteroatoms. The molecule has 1 aliphatic carbocycles. The lowest BCUT2D eigenvalue weighted by atomic mass is 9.97. The molecule has 0 aromatic rings. The molecule has 0 aromatic carbocycles. The van der Waals surface area contributed by atoms with Crippen LogP contribution in [0.4, 0.5) is 0 Å². The fraction of sp³-hybridized carbons (Fsp3) is 0.926. The molecule has 4 unspecified atom stereocenters. The van der Waals surface area contributed by atoms with E-state index in [4.69, 9.17) is 28.8 Å². The van der Waals surface area contributed by atoms with E-state index >= 15 is 0 Å². The van der Waals surface area contributed by atoms with E-state index in [1.807, 2.05) is 0 Å². The van der Waals surface area contributed by atoms with Crippen molar-refractivity contribution >= 4 is 11.8 Å². The molecule has 0 radical (unpaired) electrons. The third kappa shape index (κ3) is 15.1. The minimum Gasteiger partial charge on any atom is -0.463 e. The maximum absolute atomic E-state index is 12.8. The van der Waals surface area contributed by atoms with Gasteiger partial charge >= 0.3 is 5.97 Å². The van der Waals surface area contributed by atoms with Gasteiger partial charge in [0.15, 0.2) is 0 Å². The number of ketones is 1. The first-order valence-corrected chi connectivity index (χ1v) is 14.0. The number of rotatable bonds is 25. The number of hydrogen-bond acceptors (Lipinski definition) is 10. The number of aliphatic hydroxyl groups excluding tert-OH is 3. The number of ether oxygens (including phenoxy) is 5. The van der Waals surface area contributed by atoms with E-state index < -0.39 is 24.2 Å². The monoisotopic (exact) mass is 534 g/mol. The predicted octanol–water partition coefficient (Wildman–Crippen LogP) is 2.19. The summed E-state index contributed by atoms with van der Waals surface area (Å²) in [4.78, 5) is 24.7. The number of Topliss-reactive ketones (excluding diaryl/α,β-unsaturated/α-hetero) is 1. The summed E-state index contributed by atoms with van der Waals surface area (Å²) in [5, 5.41) is 27.4. The molecule has 0 aromatic heterocycles. The number of esters is 1. The van der Waals surface area contributed by atoms with Gasteiger partial charge in [0, 0.05) is 12.8 Å². The van der Waals surface area contributed by atoms with Crippen LogP contribution in [0.25, 0.3) is 0 Å². The van der Waals surface area contributed by atoms with E-state index in [-0.39, 0.29) is 77.6 Å². The van der Waals surface area contributed by atoms with Gasteiger partial charge in [-0.2, -0.15) is 0 Å². The molecule has 37 heavy (non-hydrogen) atoms. The van der Waals surface area contributed by atoms with Crippen LogP contribution in [-0.4, -0.2) is 105 Å². The van der Waals surface area contributed by atoms with Gasteiger partial charge in [0.25, 0.3) is 0 Å². The molecule has 218 valence electrons. The van der Waals surface area contributed by atoms with Crippen molar-refractivity contribution in [2.45, 2.75) is 95.9 Å². The van der Waals surface area contributed by atoms with E-state index in [1.165, 1.54) is 38.5 Å². The molecule has 0 saturated heterocycles. The summed E-state index contributed by atoms with van der Waals surface area (Å²) in [5.41, 5.74) is 0. The molecule has 0 bridgehead atoms. The van der Waals surface area contributed by atoms with E-state index in [1.54, 1.807) is 0 Å². The molecule has 10 nitrogen and oxygen atoms in total. The number of unbranched alkanes of at least 4 members (excludes halogenated alkanes) is 8. The van der Waals surface area contributed by atoms with Gasteiger partial charge in [0.05, 0.1) is 77.1 Å². The van der Waals surface area contributed by atoms with E-state index in [9.17, 15) is 19.8 Å². The Balaban J connectivity index is 2.35. The van der Waals surface area contributed by atoms with E-state index in [2.05, 4.69) is 6.92 Å². The summed E-state index contributed by atoms with van der Waals surface area (Å²) >= 11 is 0. The first-order valence-electron chi connectivity index (χ1n) is 14.0. The quantitative estimate of drug-likeness (QED) is 0.118. The van der Waals surface area contributed by atoms with Crippen molar-refractivity contribution in [3.05, 3.63) is 0 Å². The Morgan fingerprint density at radius 3 is 2.11 bits per heavy atom. The highest BCUT2D eigenvalue weighted by molar-refractivity contribution is 5.85. The Labute approximate surface area is 221 Å². The maximum Gasteiger partial charge on any atom is 0.305 e. The fourth-order valence-electron chi connectivity index (χ4n) is 4.57. The zero-order valence-electron chi connectivity index (χ0n) is 22.7. The Hall–Kier alpha value is -1.14. The van der Waals surface area contributed by atoms with Crippen LogP contribution < -0.4 is 0 Å². The van der Waals surface area contributed by atoms with Crippen molar-refractivity contribution in [3.63, 3.8) is 0 Å². The summed E-state index contributed by atoms with van der Waals surface area (Å²) in [6.07, 6.45) is 9.20. The lowest BCUT2D eigenvalue weighted by molar-refractivity contribution is -0.148. The summed E-state index contributed by atoms with van der Waals surface area (Å²) < 4.78 is 27.9. The van der Waals surface area contributed by atoms with Gasteiger partial charge in [0.1, 0.15) is 12.4 Å². The maximum atomic E-state index is 12.8. The summed E-state index contributed by atoms with van der Waals surface area (Å²) in [7, 11) is 0. The van der Waals surface area contributed by atoms with Crippen LogP contribution in [0.1, 0.15) is 77.6 Å². The Bertz CT molecular complexity index is 573. The van der Waals surface area contributed by atoms with Crippen LogP contribution >= 0.6 is 0 Å². The number of hydrogen-bond donors (Lipinski definition) is 3. The first-order chi connectivity index (χ1) is 18.1. The largest absolute Gasteiger partial charge is 0.463 e. The smallest absolute Gasteiger partial charge is 0.305 e. The number of aliphatic hydroxyl groups is 3. The summed E-state index contributed by atoms with van der Waals surface area (Å²) in [5.74, 6) is -1.09. The molecule has 1 saturated carbocycles. The SMILES string of the molecule is CCCCCCCCCCCC(=O)OCCOCC(OCCO)C1C(=O)CC(OCCO)C1OCCO. The molecule has 0 heterocycles. The Morgan fingerprint density at radius 2 is 1.46 bits per heavy atom. The zero-order valence-corrected chi connectivity index (χ0v) is 22.7. The minimum atomic E-state index is -0.712. The standard InChI is InChI=1S/C27H50O10/c1-2-3-4-5-6-7-8-9-10-11-25(32)36-19-18-33-21-24(35-16-13-29)26-22(31)20-23(34-15-12-28)27(26)37-17-14-30/h23-24,26-30H,2-21H2,1H3. The second-order valence-electron chi connectivity index (χ2n) is 9.39. The highest BCUT2D eigenvalue weighted by Gasteiger charge is 2.48. The molecular formula is C27H50O10. The summed E-state index contributed by atoms with van der Waals surface area (Å²) in [6.45, 7) is 1.99. The van der Waals surface area contributed by atoms with Crippen LogP contribution in [0.3, 0.4) is 0 Å². The molecule has 0 amide bonds. The normalized spacial score (nSPS) is 20.4. The second kappa shape index (κ2) is 22.8. The van der Waals surface area contributed by atoms with Crippen LogP contribution in [-0.2, 0) is 33.3 Å². The summed E-state index contributed by atoms with van der Waals surface area (Å²) in [6, 6.07) is 0. The lowest BCUT2D eigenvalue weighted by Crippen LogP contribution is -2.43. The molecule has 0 spiro atoms. The third-order valence-corrected chi connectivity index (χ3v) is 6.40. The van der Waals surface area contributed by atoms with Crippen molar-refractivity contribution in [1.82, 2.24) is 0 Å². The van der Waals surface area contributed by atoms with Gasteiger partial charge in [-0.15, -0.1) is 0 Å². The average Bonchev–Trinajstić information content (AvgIpc) is 3.21. The molecule has 0 aliphatic heterocycles. The van der Waals surface area contributed by atoms with Crippen molar-refractivity contribution < 1.29 is 48.6 Å². The molecule has 4 atom stereocenters. The molecule has 1 fully saturated rings.